The third-order valence-corrected chi connectivity index (χ3v) is 4.00. The fraction of sp³-hybridized carbons (Fsp3) is 1.00. The van der Waals surface area contributed by atoms with Gasteiger partial charge in [0.1, 0.15) is 0 Å². The van der Waals surface area contributed by atoms with Gasteiger partial charge < -0.3 is 0 Å². The molecule has 0 radical (unpaired) electrons. The van der Waals surface area contributed by atoms with Crippen LogP contribution in [-0.4, -0.2) is 4.43 Å². The summed E-state index contributed by atoms with van der Waals surface area (Å²) in [6, 6.07) is 0. The SMILES string of the molecule is CCCCCCCCCCCCCCCI. The van der Waals surface area contributed by atoms with Crippen LogP contribution in [0.2, 0.25) is 0 Å². The van der Waals surface area contributed by atoms with Crippen molar-refractivity contribution in [3.63, 3.8) is 0 Å². The predicted molar refractivity (Wildman–Crippen MR) is 84.6 cm³/mol. The molecule has 1 heteroatoms. The fourth-order valence-electron chi connectivity index (χ4n) is 2.11. The van der Waals surface area contributed by atoms with Crippen molar-refractivity contribution in [3.05, 3.63) is 0 Å². The number of rotatable bonds is 13. The van der Waals surface area contributed by atoms with Gasteiger partial charge in [0.25, 0.3) is 0 Å². The highest BCUT2D eigenvalue weighted by molar-refractivity contribution is 14.1. The van der Waals surface area contributed by atoms with Gasteiger partial charge in [-0.15, -0.1) is 0 Å². The molecule has 0 aliphatic carbocycles. The van der Waals surface area contributed by atoms with E-state index < -0.39 is 0 Å². The standard InChI is InChI=1S/C15H31I/c1-2-3-4-5-6-7-8-9-10-11-12-13-14-15-16/h2-15H2,1H3. The Hall–Kier alpha value is 0.730. The molecule has 0 saturated heterocycles. The monoisotopic (exact) mass is 338 g/mol. The Morgan fingerprint density at radius 3 is 1.12 bits per heavy atom. The van der Waals surface area contributed by atoms with Gasteiger partial charge in [0.05, 0.1) is 0 Å². The summed E-state index contributed by atoms with van der Waals surface area (Å²) in [6.45, 7) is 2.29. The number of hydrogen-bond donors (Lipinski definition) is 0. The molecule has 0 N–H and O–H groups in total. The lowest BCUT2D eigenvalue weighted by atomic mass is 10.1. The first kappa shape index (κ1) is 16.7. The van der Waals surface area contributed by atoms with Crippen LogP contribution in [0.3, 0.4) is 0 Å². The van der Waals surface area contributed by atoms with Crippen LogP contribution >= 0.6 is 22.6 Å². The van der Waals surface area contributed by atoms with Crippen molar-refractivity contribution in [2.24, 2.45) is 0 Å². The minimum Gasteiger partial charge on any atom is -0.0864 e. The van der Waals surface area contributed by atoms with Gasteiger partial charge in [0.15, 0.2) is 0 Å². The van der Waals surface area contributed by atoms with E-state index in [1.54, 1.807) is 0 Å². The maximum Gasteiger partial charge on any atom is -0.000473 e. The number of halogens is 1. The summed E-state index contributed by atoms with van der Waals surface area (Å²) in [5.74, 6) is 0. The van der Waals surface area contributed by atoms with Crippen molar-refractivity contribution in [1.82, 2.24) is 0 Å². The van der Waals surface area contributed by atoms with E-state index in [0.29, 0.717) is 0 Å². The van der Waals surface area contributed by atoms with E-state index >= 15 is 0 Å². The molecule has 0 aromatic heterocycles. The second kappa shape index (κ2) is 15.7. The van der Waals surface area contributed by atoms with Crippen LogP contribution in [0, 0.1) is 0 Å². The van der Waals surface area contributed by atoms with Crippen LogP contribution in [0.25, 0.3) is 0 Å². The minimum absolute atomic E-state index is 1.34. The number of hydrogen-bond acceptors (Lipinski definition) is 0. The summed E-state index contributed by atoms with van der Waals surface area (Å²) in [6.07, 6.45) is 19.0. The van der Waals surface area contributed by atoms with Crippen LogP contribution in [0.4, 0.5) is 0 Å². The van der Waals surface area contributed by atoms with Gasteiger partial charge in [-0.25, -0.2) is 0 Å². The molecule has 0 nitrogen and oxygen atoms in total. The van der Waals surface area contributed by atoms with Gasteiger partial charge in [0, 0.05) is 0 Å². The maximum absolute atomic E-state index is 2.48. The highest BCUT2D eigenvalue weighted by atomic mass is 127. The van der Waals surface area contributed by atoms with Crippen molar-refractivity contribution >= 4 is 22.6 Å². The van der Waals surface area contributed by atoms with Crippen molar-refractivity contribution < 1.29 is 0 Å². The molecule has 0 atom stereocenters. The smallest absolute Gasteiger partial charge is 0.000473 e. The molecule has 0 saturated carbocycles. The summed E-state index contributed by atoms with van der Waals surface area (Å²) in [4.78, 5) is 0. The molecule has 0 aromatic carbocycles. The molecule has 0 rings (SSSR count). The van der Waals surface area contributed by atoms with Gasteiger partial charge in [0.2, 0.25) is 0 Å². The van der Waals surface area contributed by atoms with E-state index in [0.717, 1.165) is 0 Å². The molecule has 98 valence electrons. The molecule has 16 heavy (non-hydrogen) atoms. The lowest BCUT2D eigenvalue weighted by molar-refractivity contribution is 0.543. The molecular formula is C15H31I. The number of alkyl halides is 1. The summed E-state index contributed by atoms with van der Waals surface area (Å²) >= 11 is 2.48. The van der Waals surface area contributed by atoms with E-state index in [9.17, 15) is 0 Å². The first-order valence-corrected chi connectivity index (χ1v) is 9.00. The van der Waals surface area contributed by atoms with E-state index in [-0.39, 0.29) is 0 Å². The van der Waals surface area contributed by atoms with Gasteiger partial charge in [-0.2, -0.15) is 0 Å². The van der Waals surface area contributed by atoms with E-state index in [2.05, 4.69) is 29.5 Å². The Morgan fingerprint density at radius 2 is 0.812 bits per heavy atom. The molecule has 0 aliphatic heterocycles. The zero-order valence-electron chi connectivity index (χ0n) is 11.3. The predicted octanol–water partition coefficient (Wildman–Crippen LogP) is 6.51. The average molecular weight is 338 g/mol. The molecule has 0 aromatic rings. The first-order valence-electron chi connectivity index (χ1n) is 7.47. The molecule has 0 unspecified atom stereocenters. The van der Waals surface area contributed by atoms with Gasteiger partial charge in [-0.05, 0) is 10.8 Å². The van der Waals surface area contributed by atoms with Gasteiger partial charge in [-0.3, -0.25) is 0 Å². The van der Waals surface area contributed by atoms with Crippen molar-refractivity contribution in [2.75, 3.05) is 4.43 Å². The average Bonchev–Trinajstić information content (AvgIpc) is 2.31. The quantitative estimate of drug-likeness (QED) is 0.204. The fourth-order valence-corrected chi connectivity index (χ4v) is 2.65. The molecule has 0 bridgehead atoms. The Morgan fingerprint density at radius 1 is 0.500 bits per heavy atom. The van der Waals surface area contributed by atoms with Gasteiger partial charge in [-0.1, -0.05) is 107 Å². The van der Waals surface area contributed by atoms with Crippen LogP contribution in [-0.2, 0) is 0 Å². The lowest BCUT2D eigenvalue weighted by Gasteiger charge is -2.02. The van der Waals surface area contributed by atoms with Crippen molar-refractivity contribution in [3.8, 4) is 0 Å². The van der Waals surface area contributed by atoms with Crippen molar-refractivity contribution in [1.29, 1.82) is 0 Å². The second-order valence-electron chi connectivity index (χ2n) is 4.93. The molecule has 0 spiro atoms. The lowest BCUT2D eigenvalue weighted by Crippen LogP contribution is -1.83. The maximum atomic E-state index is 2.48. The molecule has 0 heterocycles. The second-order valence-corrected chi connectivity index (χ2v) is 6.01. The van der Waals surface area contributed by atoms with Gasteiger partial charge >= 0.3 is 0 Å². The normalized spacial score (nSPS) is 10.9. The highest BCUT2D eigenvalue weighted by Crippen LogP contribution is 2.12. The topological polar surface area (TPSA) is 0 Å². The van der Waals surface area contributed by atoms with E-state index in [1.165, 1.54) is 87.9 Å². The highest BCUT2D eigenvalue weighted by Gasteiger charge is 1.92. The zero-order valence-corrected chi connectivity index (χ0v) is 13.4. The van der Waals surface area contributed by atoms with E-state index in [1.807, 2.05) is 0 Å². The minimum atomic E-state index is 1.34. The zero-order chi connectivity index (χ0) is 11.9. The Balaban J connectivity index is 2.83. The van der Waals surface area contributed by atoms with Crippen LogP contribution in [0.1, 0.15) is 90.4 Å². The van der Waals surface area contributed by atoms with E-state index in [4.69, 9.17) is 0 Å². The summed E-state index contributed by atoms with van der Waals surface area (Å²) in [5, 5.41) is 0. The Kier molecular flexibility index (Phi) is 16.4. The number of unbranched alkanes of at least 4 members (excludes halogenated alkanes) is 12. The Labute approximate surface area is 117 Å². The van der Waals surface area contributed by atoms with Crippen LogP contribution in [0.15, 0.2) is 0 Å². The third-order valence-electron chi connectivity index (χ3n) is 3.24. The molecule has 0 fully saturated rings. The summed E-state index contributed by atoms with van der Waals surface area (Å²) in [5.41, 5.74) is 0. The molecular weight excluding hydrogens is 307 g/mol. The largest absolute Gasteiger partial charge is 0.0864 e. The summed E-state index contributed by atoms with van der Waals surface area (Å²) < 4.78 is 1.34. The Bertz CT molecular complexity index is 98.0. The molecule has 0 amide bonds. The molecule has 0 aliphatic rings. The van der Waals surface area contributed by atoms with Crippen molar-refractivity contribution in [2.45, 2.75) is 90.4 Å². The third kappa shape index (κ3) is 14.7. The van der Waals surface area contributed by atoms with Crippen LogP contribution < -0.4 is 0 Å². The summed E-state index contributed by atoms with van der Waals surface area (Å²) in [7, 11) is 0. The first-order chi connectivity index (χ1) is 7.91. The van der Waals surface area contributed by atoms with Crippen LogP contribution in [0.5, 0.6) is 0 Å².